The molecule has 3 aromatic rings. The SMILES string of the molecule is COC(=O)c1ccc(C(C)c2ccc3c(c2)Nc2ccccc2S3)cc1Cl. The second kappa shape index (κ2) is 7.29. The van der Waals surface area contributed by atoms with Gasteiger partial charge < -0.3 is 10.1 Å². The number of para-hydroxylation sites is 1. The number of hydrogen-bond donors (Lipinski definition) is 1. The van der Waals surface area contributed by atoms with Gasteiger partial charge in [-0.2, -0.15) is 0 Å². The molecule has 0 aliphatic carbocycles. The van der Waals surface area contributed by atoms with Crippen molar-refractivity contribution in [2.75, 3.05) is 12.4 Å². The van der Waals surface area contributed by atoms with Crippen molar-refractivity contribution in [3.8, 4) is 0 Å². The fourth-order valence-corrected chi connectivity index (χ4v) is 4.43. The third kappa shape index (κ3) is 3.43. The highest BCUT2D eigenvalue weighted by molar-refractivity contribution is 7.99. The lowest BCUT2D eigenvalue weighted by molar-refractivity contribution is 0.0601. The Hall–Kier alpha value is -2.43. The van der Waals surface area contributed by atoms with E-state index >= 15 is 0 Å². The van der Waals surface area contributed by atoms with Gasteiger partial charge in [-0.05, 0) is 47.5 Å². The van der Waals surface area contributed by atoms with Gasteiger partial charge in [-0.3, -0.25) is 0 Å². The molecule has 1 atom stereocenters. The number of hydrogen-bond acceptors (Lipinski definition) is 4. The zero-order valence-corrected chi connectivity index (χ0v) is 16.5. The number of anilines is 2. The summed E-state index contributed by atoms with van der Waals surface area (Å²) in [7, 11) is 1.35. The van der Waals surface area contributed by atoms with Crippen molar-refractivity contribution in [1.29, 1.82) is 0 Å². The van der Waals surface area contributed by atoms with Crippen LogP contribution in [0.1, 0.15) is 34.3 Å². The number of rotatable bonds is 3. The van der Waals surface area contributed by atoms with Crippen molar-refractivity contribution in [3.05, 3.63) is 82.4 Å². The Labute approximate surface area is 167 Å². The largest absolute Gasteiger partial charge is 0.465 e. The summed E-state index contributed by atoms with van der Waals surface area (Å²) in [5.74, 6) is -0.281. The molecule has 136 valence electrons. The lowest BCUT2D eigenvalue weighted by Crippen LogP contribution is -2.05. The third-order valence-electron chi connectivity index (χ3n) is 4.78. The number of benzene rings is 3. The van der Waals surface area contributed by atoms with E-state index in [1.165, 1.54) is 22.5 Å². The highest BCUT2D eigenvalue weighted by atomic mass is 35.5. The molecule has 0 radical (unpaired) electrons. The van der Waals surface area contributed by atoms with E-state index in [9.17, 15) is 4.79 Å². The Morgan fingerprint density at radius 2 is 1.70 bits per heavy atom. The summed E-state index contributed by atoms with van der Waals surface area (Å²) >= 11 is 8.06. The highest BCUT2D eigenvalue weighted by Gasteiger charge is 2.19. The number of fused-ring (bicyclic) bond motifs is 2. The number of halogens is 1. The molecule has 0 aromatic heterocycles. The van der Waals surface area contributed by atoms with E-state index < -0.39 is 5.97 Å². The van der Waals surface area contributed by atoms with Crippen molar-refractivity contribution in [2.45, 2.75) is 22.6 Å². The number of carbonyl (C=O) groups is 1. The van der Waals surface area contributed by atoms with E-state index in [0.717, 1.165) is 16.9 Å². The zero-order valence-electron chi connectivity index (χ0n) is 15.0. The van der Waals surface area contributed by atoms with E-state index in [1.807, 2.05) is 18.2 Å². The molecule has 27 heavy (non-hydrogen) atoms. The van der Waals surface area contributed by atoms with Gasteiger partial charge in [-0.1, -0.05) is 54.6 Å². The molecule has 1 unspecified atom stereocenters. The molecule has 4 rings (SSSR count). The van der Waals surface area contributed by atoms with Crippen LogP contribution in [0.25, 0.3) is 0 Å². The Bertz CT molecular complexity index is 1030. The molecule has 1 heterocycles. The fourth-order valence-electron chi connectivity index (χ4n) is 3.19. The lowest BCUT2D eigenvalue weighted by atomic mass is 9.92. The van der Waals surface area contributed by atoms with Crippen molar-refractivity contribution in [1.82, 2.24) is 0 Å². The predicted octanol–water partition coefficient (Wildman–Crippen LogP) is 6.49. The van der Waals surface area contributed by atoms with E-state index in [-0.39, 0.29) is 5.92 Å². The van der Waals surface area contributed by atoms with Crippen LogP contribution in [-0.4, -0.2) is 13.1 Å². The minimum Gasteiger partial charge on any atom is -0.465 e. The second-order valence-electron chi connectivity index (χ2n) is 6.43. The number of methoxy groups -OCH3 is 1. The Balaban J connectivity index is 1.63. The van der Waals surface area contributed by atoms with Gasteiger partial charge in [0, 0.05) is 15.7 Å². The molecule has 0 fully saturated rings. The van der Waals surface area contributed by atoms with Crippen molar-refractivity contribution in [2.24, 2.45) is 0 Å². The maximum Gasteiger partial charge on any atom is 0.339 e. The predicted molar refractivity (Wildman–Crippen MR) is 111 cm³/mol. The first-order valence-corrected chi connectivity index (χ1v) is 9.82. The second-order valence-corrected chi connectivity index (χ2v) is 7.92. The van der Waals surface area contributed by atoms with Crippen LogP contribution < -0.4 is 5.32 Å². The molecule has 1 aliphatic heterocycles. The van der Waals surface area contributed by atoms with Gasteiger partial charge in [0.15, 0.2) is 0 Å². The summed E-state index contributed by atoms with van der Waals surface area (Å²) in [6, 6.07) is 20.3. The van der Waals surface area contributed by atoms with Crippen LogP contribution in [-0.2, 0) is 4.74 Å². The van der Waals surface area contributed by atoms with Gasteiger partial charge in [-0.15, -0.1) is 0 Å². The summed E-state index contributed by atoms with van der Waals surface area (Å²) in [5.41, 5.74) is 4.86. The molecule has 0 saturated carbocycles. The topological polar surface area (TPSA) is 38.3 Å². The number of esters is 1. The monoisotopic (exact) mass is 395 g/mol. The minimum atomic E-state index is -0.423. The summed E-state index contributed by atoms with van der Waals surface area (Å²) in [4.78, 5) is 14.2. The lowest BCUT2D eigenvalue weighted by Gasteiger charge is -2.23. The first kappa shape index (κ1) is 18.0. The van der Waals surface area contributed by atoms with Gasteiger partial charge >= 0.3 is 5.97 Å². The van der Waals surface area contributed by atoms with Crippen LogP contribution in [0.3, 0.4) is 0 Å². The van der Waals surface area contributed by atoms with E-state index in [4.69, 9.17) is 16.3 Å². The molecule has 3 aromatic carbocycles. The summed E-state index contributed by atoms with van der Waals surface area (Å²) < 4.78 is 4.76. The average Bonchev–Trinajstić information content (AvgIpc) is 2.70. The molecule has 1 aliphatic rings. The molecule has 0 bridgehead atoms. The molecule has 0 amide bonds. The molecular formula is C22H18ClNO2S. The number of ether oxygens (including phenoxy) is 1. The normalized spacial score (nSPS) is 13.1. The molecule has 0 spiro atoms. The van der Waals surface area contributed by atoms with Crippen molar-refractivity contribution >= 4 is 40.7 Å². The van der Waals surface area contributed by atoms with Crippen LogP contribution in [0.15, 0.2) is 70.5 Å². The molecule has 5 heteroatoms. The first-order chi connectivity index (χ1) is 13.1. The van der Waals surface area contributed by atoms with Gasteiger partial charge in [-0.25, -0.2) is 4.79 Å². The Kier molecular flexibility index (Phi) is 4.85. The third-order valence-corrected chi connectivity index (χ3v) is 6.24. The minimum absolute atomic E-state index is 0.142. The molecular weight excluding hydrogens is 378 g/mol. The van der Waals surface area contributed by atoms with Crippen LogP contribution in [0.5, 0.6) is 0 Å². The van der Waals surface area contributed by atoms with Crippen LogP contribution in [0.2, 0.25) is 5.02 Å². The highest BCUT2D eigenvalue weighted by Crippen LogP contribution is 2.45. The quantitative estimate of drug-likeness (QED) is 0.402. The van der Waals surface area contributed by atoms with Gasteiger partial charge in [0.1, 0.15) is 0 Å². The van der Waals surface area contributed by atoms with Gasteiger partial charge in [0.25, 0.3) is 0 Å². The van der Waals surface area contributed by atoms with Crippen LogP contribution >= 0.6 is 23.4 Å². The fraction of sp³-hybridized carbons (Fsp3) is 0.136. The zero-order chi connectivity index (χ0) is 19.0. The van der Waals surface area contributed by atoms with E-state index in [2.05, 4.69) is 48.6 Å². The maximum absolute atomic E-state index is 11.7. The van der Waals surface area contributed by atoms with Crippen LogP contribution in [0.4, 0.5) is 11.4 Å². The van der Waals surface area contributed by atoms with Gasteiger partial charge in [0.05, 0.1) is 29.1 Å². The van der Waals surface area contributed by atoms with Gasteiger partial charge in [0.2, 0.25) is 0 Å². The first-order valence-electron chi connectivity index (χ1n) is 8.62. The van der Waals surface area contributed by atoms with E-state index in [0.29, 0.717) is 10.6 Å². The van der Waals surface area contributed by atoms with E-state index in [1.54, 1.807) is 17.8 Å². The Morgan fingerprint density at radius 3 is 2.48 bits per heavy atom. The summed E-state index contributed by atoms with van der Waals surface area (Å²) in [5, 5.41) is 3.93. The summed E-state index contributed by atoms with van der Waals surface area (Å²) in [6.07, 6.45) is 0. The smallest absolute Gasteiger partial charge is 0.339 e. The Morgan fingerprint density at radius 1 is 1.00 bits per heavy atom. The summed E-state index contributed by atoms with van der Waals surface area (Å²) in [6.45, 7) is 2.13. The molecule has 1 N–H and O–H groups in total. The average molecular weight is 396 g/mol. The van der Waals surface area contributed by atoms with Crippen molar-refractivity contribution < 1.29 is 9.53 Å². The number of carbonyl (C=O) groups excluding carboxylic acids is 1. The molecule has 0 saturated heterocycles. The van der Waals surface area contributed by atoms with Crippen LogP contribution in [0, 0.1) is 0 Å². The standard InChI is InChI=1S/C22H18ClNO2S/c1-13(14-7-9-16(17(23)11-14)22(25)26-2)15-8-10-21-19(12-15)24-18-5-3-4-6-20(18)27-21/h3-13,24H,1-2H3. The number of nitrogens with one attached hydrogen (secondary N) is 1. The molecule has 3 nitrogen and oxygen atoms in total. The maximum atomic E-state index is 11.7. The van der Waals surface area contributed by atoms with Crippen molar-refractivity contribution in [3.63, 3.8) is 0 Å².